The molecule has 2 aromatic heterocycles. The van der Waals surface area contributed by atoms with Crippen molar-refractivity contribution in [2.75, 3.05) is 0 Å². The lowest BCUT2D eigenvalue weighted by Gasteiger charge is -2.14. The lowest BCUT2D eigenvalue weighted by molar-refractivity contribution is 0.0933. The van der Waals surface area contributed by atoms with Gasteiger partial charge in [-0.3, -0.25) is 14.6 Å². The highest BCUT2D eigenvalue weighted by atomic mass is 32.1. The van der Waals surface area contributed by atoms with Crippen molar-refractivity contribution in [3.05, 3.63) is 49.2 Å². The minimum atomic E-state index is -0.695. The van der Waals surface area contributed by atoms with Crippen LogP contribution in [-0.4, -0.2) is 20.4 Å². The van der Waals surface area contributed by atoms with Gasteiger partial charge in [0.05, 0.1) is 6.04 Å². The van der Waals surface area contributed by atoms with E-state index in [0.29, 0.717) is 6.42 Å². The first kappa shape index (κ1) is 14.2. The smallest absolute Gasteiger partial charge is 0.328 e. The van der Waals surface area contributed by atoms with E-state index in [9.17, 15) is 14.4 Å². The van der Waals surface area contributed by atoms with Crippen LogP contribution >= 0.6 is 11.3 Å². The molecule has 0 bridgehead atoms. The Balaban J connectivity index is 2.26. The molecule has 0 aliphatic rings. The van der Waals surface area contributed by atoms with Crippen molar-refractivity contribution in [1.29, 1.82) is 0 Å². The van der Waals surface area contributed by atoms with Crippen LogP contribution in [0.3, 0.4) is 0 Å². The minimum absolute atomic E-state index is 0.0953. The Morgan fingerprint density at radius 2 is 2.30 bits per heavy atom. The van der Waals surface area contributed by atoms with E-state index in [2.05, 4.69) is 15.3 Å². The lowest BCUT2D eigenvalue weighted by Crippen LogP contribution is -2.37. The van der Waals surface area contributed by atoms with Gasteiger partial charge in [-0.2, -0.15) is 0 Å². The molecule has 0 aromatic carbocycles. The van der Waals surface area contributed by atoms with Gasteiger partial charge in [0.25, 0.3) is 11.5 Å². The molecule has 0 unspecified atom stereocenters. The third kappa shape index (κ3) is 2.85. The summed E-state index contributed by atoms with van der Waals surface area (Å²) in [5.74, 6) is -0.524. The highest BCUT2D eigenvalue weighted by molar-refractivity contribution is 7.09. The average molecular weight is 294 g/mol. The number of nitrogens with one attached hydrogen (secondary N) is 2. The molecule has 0 fully saturated rings. The van der Waals surface area contributed by atoms with Gasteiger partial charge >= 0.3 is 5.69 Å². The van der Waals surface area contributed by atoms with Crippen molar-refractivity contribution < 1.29 is 4.79 Å². The number of carbonyl (C=O) groups is 1. The largest absolute Gasteiger partial charge is 0.343 e. The highest BCUT2D eigenvalue weighted by Gasteiger charge is 2.18. The number of carbonyl (C=O) groups excluding carboxylic acids is 1. The second-order valence-electron chi connectivity index (χ2n) is 4.22. The molecule has 7 nitrogen and oxygen atoms in total. The van der Waals surface area contributed by atoms with Gasteiger partial charge in [-0.25, -0.2) is 9.78 Å². The molecule has 2 rings (SSSR count). The number of aromatic amines is 1. The quantitative estimate of drug-likeness (QED) is 0.853. The summed E-state index contributed by atoms with van der Waals surface area (Å²) in [5, 5.41) is 5.35. The standard InChI is InChI=1S/C12H14N4O3S/c1-3-8(11-13-4-5-20-11)14-9(17)7-6-16(2)12(19)15-10(7)18/h4-6,8H,3H2,1-2H3,(H,14,17)(H,15,18,19)/t8-/m1/s1. The van der Waals surface area contributed by atoms with Crippen LogP contribution in [0.15, 0.2) is 27.4 Å². The maximum absolute atomic E-state index is 12.1. The predicted molar refractivity (Wildman–Crippen MR) is 74.9 cm³/mol. The molecule has 0 saturated heterocycles. The number of thiazole rings is 1. The Labute approximate surface area is 118 Å². The van der Waals surface area contributed by atoms with E-state index in [4.69, 9.17) is 0 Å². The number of hydrogen-bond donors (Lipinski definition) is 2. The Morgan fingerprint density at radius 3 is 2.90 bits per heavy atom. The minimum Gasteiger partial charge on any atom is -0.343 e. The predicted octanol–water partition coefficient (Wildman–Crippen LogP) is 0.411. The summed E-state index contributed by atoms with van der Waals surface area (Å²) in [4.78, 5) is 41.3. The lowest BCUT2D eigenvalue weighted by atomic mass is 10.2. The van der Waals surface area contributed by atoms with Crippen LogP contribution in [0.5, 0.6) is 0 Å². The third-order valence-corrected chi connectivity index (χ3v) is 3.71. The van der Waals surface area contributed by atoms with Gasteiger partial charge in [-0.1, -0.05) is 6.92 Å². The normalized spacial score (nSPS) is 12.1. The Hall–Kier alpha value is -2.22. The fourth-order valence-electron chi connectivity index (χ4n) is 1.71. The second-order valence-corrected chi connectivity index (χ2v) is 5.14. The first-order chi connectivity index (χ1) is 9.52. The molecule has 0 saturated carbocycles. The van der Waals surface area contributed by atoms with Crippen LogP contribution in [0.1, 0.15) is 34.8 Å². The number of rotatable bonds is 4. The summed E-state index contributed by atoms with van der Waals surface area (Å²) in [5.41, 5.74) is -1.35. The molecule has 2 N–H and O–H groups in total. The van der Waals surface area contributed by atoms with E-state index < -0.39 is 17.2 Å². The van der Waals surface area contributed by atoms with Crippen molar-refractivity contribution in [3.8, 4) is 0 Å². The summed E-state index contributed by atoms with van der Waals surface area (Å²) in [6.45, 7) is 1.91. The molecule has 0 aliphatic carbocycles. The molecule has 2 heterocycles. The Morgan fingerprint density at radius 1 is 1.55 bits per heavy atom. The van der Waals surface area contributed by atoms with Gasteiger partial charge in [-0.15, -0.1) is 11.3 Å². The first-order valence-electron chi connectivity index (χ1n) is 6.03. The van der Waals surface area contributed by atoms with Crippen LogP contribution in [0, 0.1) is 0 Å². The van der Waals surface area contributed by atoms with Crippen molar-refractivity contribution in [1.82, 2.24) is 19.9 Å². The third-order valence-electron chi connectivity index (χ3n) is 2.82. The number of amides is 1. The summed E-state index contributed by atoms with van der Waals surface area (Å²) in [7, 11) is 1.47. The molecule has 20 heavy (non-hydrogen) atoms. The Kier molecular flexibility index (Phi) is 4.14. The molecule has 2 aromatic rings. The van der Waals surface area contributed by atoms with E-state index in [1.54, 1.807) is 6.20 Å². The van der Waals surface area contributed by atoms with Crippen molar-refractivity contribution >= 4 is 17.2 Å². The summed E-state index contributed by atoms with van der Waals surface area (Å²) < 4.78 is 1.15. The molecule has 0 spiro atoms. The maximum Gasteiger partial charge on any atom is 0.328 e. The van der Waals surface area contributed by atoms with Gasteiger partial charge in [0, 0.05) is 24.8 Å². The van der Waals surface area contributed by atoms with Crippen LogP contribution in [-0.2, 0) is 7.05 Å². The summed E-state index contributed by atoms with van der Waals surface area (Å²) >= 11 is 1.44. The van der Waals surface area contributed by atoms with E-state index in [0.717, 1.165) is 9.57 Å². The van der Waals surface area contributed by atoms with Gasteiger partial charge < -0.3 is 9.88 Å². The molecular weight excluding hydrogens is 280 g/mol. The number of H-pyrrole nitrogens is 1. The molecule has 0 aliphatic heterocycles. The maximum atomic E-state index is 12.1. The van der Waals surface area contributed by atoms with Crippen molar-refractivity contribution in [2.45, 2.75) is 19.4 Å². The van der Waals surface area contributed by atoms with Gasteiger partial charge in [-0.05, 0) is 6.42 Å². The Bertz CT molecular complexity index is 717. The second kappa shape index (κ2) is 5.83. The molecular formula is C12H14N4O3S. The molecule has 0 radical (unpaired) electrons. The zero-order valence-electron chi connectivity index (χ0n) is 11.0. The van der Waals surface area contributed by atoms with E-state index in [1.807, 2.05) is 12.3 Å². The SMILES string of the molecule is CC[C@@H](NC(=O)c1cn(C)c(=O)[nH]c1=O)c1nccs1. The average Bonchev–Trinajstić information content (AvgIpc) is 2.93. The number of nitrogens with zero attached hydrogens (tertiary/aromatic N) is 2. The van der Waals surface area contributed by atoms with Crippen molar-refractivity contribution in [2.24, 2.45) is 7.05 Å². The van der Waals surface area contributed by atoms with E-state index in [1.165, 1.54) is 24.6 Å². The van der Waals surface area contributed by atoms with E-state index >= 15 is 0 Å². The van der Waals surface area contributed by atoms with Crippen LogP contribution in [0.2, 0.25) is 0 Å². The topological polar surface area (TPSA) is 96.9 Å². The number of aryl methyl sites for hydroxylation is 1. The molecule has 1 atom stereocenters. The highest BCUT2D eigenvalue weighted by Crippen LogP contribution is 2.18. The fourth-order valence-corrected chi connectivity index (χ4v) is 2.48. The monoisotopic (exact) mass is 294 g/mol. The van der Waals surface area contributed by atoms with Crippen LogP contribution in [0.25, 0.3) is 0 Å². The molecule has 1 amide bonds. The fraction of sp³-hybridized carbons (Fsp3) is 0.333. The number of aromatic nitrogens is 3. The summed E-state index contributed by atoms with van der Waals surface area (Å²) in [6, 6.07) is -0.251. The van der Waals surface area contributed by atoms with E-state index in [-0.39, 0.29) is 11.6 Å². The molecule has 8 heteroatoms. The summed E-state index contributed by atoms with van der Waals surface area (Å²) in [6.07, 6.45) is 3.54. The van der Waals surface area contributed by atoms with Gasteiger partial charge in [0.15, 0.2) is 0 Å². The van der Waals surface area contributed by atoms with Gasteiger partial charge in [0.2, 0.25) is 0 Å². The number of hydrogen-bond acceptors (Lipinski definition) is 5. The zero-order valence-corrected chi connectivity index (χ0v) is 11.9. The molecule has 106 valence electrons. The van der Waals surface area contributed by atoms with Gasteiger partial charge in [0.1, 0.15) is 10.6 Å². The zero-order chi connectivity index (χ0) is 14.7. The van der Waals surface area contributed by atoms with Crippen LogP contribution < -0.4 is 16.6 Å². The first-order valence-corrected chi connectivity index (χ1v) is 6.91. The van der Waals surface area contributed by atoms with Crippen LogP contribution in [0.4, 0.5) is 0 Å². The van der Waals surface area contributed by atoms with Crippen molar-refractivity contribution in [3.63, 3.8) is 0 Å².